The molecular weight excluding hydrogens is 194 g/mol. The molecule has 0 fully saturated rings. The van der Waals surface area contributed by atoms with Crippen molar-refractivity contribution in [2.75, 3.05) is 13.7 Å². The van der Waals surface area contributed by atoms with Crippen LogP contribution in [0.3, 0.4) is 0 Å². The highest BCUT2D eigenvalue weighted by Crippen LogP contribution is 2.12. The molecule has 0 aromatic heterocycles. The summed E-state index contributed by atoms with van der Waals surface area (Å²) in [4.78, 5) is 11.6. The number of hydrogen-bond acceptors (Lipinski definition) is 3. The number of rotatable bonds is 6. The predicted molar refractivity (Wildman–Crippen MR) is 59.6 cm³/mol. The van der Waals surface area contributed by atoms with Crippen LogP contribution in [0.5, 0.6) is 0 Å². The van der Waals surface area contributed by atoms with Gasteiger partial charge in [0.05, 0.1) is 5.60 Å². The van der Waals surface area contributed by atoms with Gasteiger partial charge in [-0.15, -0.1) is 0 Å². The first-order valence-corrected chi connectivity index (χ1v) is 5.31. The largest absolute Gasteiger partial charge is 0.388 e. The number of nitrogens with one attached hydrogen (secondary N) is 1. The minimum atomic E-state index is -0.845. The van der Waals surface area contributed by atoms with Crippen LogP contribution in [0, 0.1) is 0 Å². The van der Waals surface area contributed by atoms with E-state index in [0.717, 1.165) is 6.42 Å². The van der Waals surface area contributed by atoms with Gasteiger partial charge in [0.15, 0.2) is 0 Å². The fourth-order valence-electron chi connectivity index (χ4n) is 1.20. The molecular formula is C11H23NO3. The highest BCUT2D eigenvalue weighted by molar-refractivity contribution is 5.84. The topological polar surface area (TPSA) is 58.6 Å². The van der Waals surface area contributed by atoms with E-state index >= 15 is 0 Å². The molecule has 0 radical (unpaired) electrons. The quantitative estimate of drug-likeness (QED) is 0.700. The maximum Gasteiger partial charge on any atom is 0.251 e. The SMILES string of the molecule is CCCC(C)(O)CNC(=O)C(C)(C)OC. The summed E-state index contributed by atoms with van der Waals surface area (Å²) in [7, 11) is 1.49. The second-order valence-electron chi connectivity index (χ2n) is 4.64. The highest BCUT2D eigenvalue weighted by Gasteiger charge is 2.29. The van der Waals surface area contributed by atoms with Gasteiger partial charge in [-0.2, -0.15) is 0 Å². The number of ether oxygens (including phenoxy) is 1. The molecule has 0 aliphatic carbocycles. The molecule has 4 heteroatoms. The lowest BCUT2D eigenvalue weighted by Crippen LogP contribution is -2.49. The molecule has 1 amide bonds. The Bertz CT molecular complexity index is 212. The van der Waals surface area contributed by atoms with Crippen LogP contribution in [0.1, 0.15) is 40.5 Å². The van der Waals surface area contributed by atoms with Gasteiger partial charge in [0.1, 0.15) is 5.60 Å². The second kappa shape index (κ2) is 5.47. The summed E-state index contributed by atoms with van der Waals surface area (Å²) in [6.45, 7) is 7.35. The third-order valence-corrected chi connectivity index (χ3v) is 2.48. The lowest BCUT2D eigenvalue weighted by Gasteiger charge is -2.27. The molecule has 0 aromatic rings. The number of carbonyl (C=O) groups excluding carboxylic acids is 1. The molecule has 0 bridgehead atoms. The Kier molecular flexibility index (Phi) is 5.24. The molecule has 4 nitrogen and oxygen atoms in total. The van der Waals surface area contributed by atoms with Gasteiger partial charge in [-0.3, -0.25) is 4.79 Å². The van der Waals surface area contributed by atoms with Crippen LogP contribution < -0.4 is 5.32 Å². The summed E-state index contributed by atoms with van der Waals surface area (Å²) in [6, 6.07) is 0. The number of methoxy groups -OCH3 is 1. The Hall–Kier alpha value is -0.610. The summed E-state index contributed by atoms with van der Waals surface area (Å²) in [5.41, 5.74) is -1.68. The average Bonchev–Trinajstić information content (AvgIpc) is 2.14. The summed E-state index contributed by atoms with van der Waals surface area (Å²) in [5.74, 6) is -0.207. The summed E-state index contributed by atoms with van der Waals surface area (Å²) in [5, 5.41) is 12.5. The molecule has 2 N–H and O–H groups in total. The van der Waals surface area contributed by atoms with Crippen molar-refractivity contribution in [3.8, 4) is 0 Å². The smallest absolute Gasteiger partial charge is 0.251 e. The Morgan fingerprint density at radius 3 is 2.33 bits per heavy atom. The standard InChI is InChI=1S/C11H23NO3/c1-6-7-11(4,14)8-12-9(13)10(2,3)15-5/h14H,6-8H2,1-5H3,(H,12,13). The van der Waals surface area contributed by atoms with Crippen molar-refractivity contribution in [3.63, 3.8) is 0 Å². The van der Waals surface area contributed by atoms with Crippen LogP contribution in [0.15, 0.2) is 0 Å². The molecule has 0 saturated carbocycles. The second-order valence-corrected chi connectivity index (χ2v) is 4.64. The summed E-state index contributed by atoms with van der Waals surface area (Å²) in [6.07, 6.45) is 1.55. The van der Waals surface area contributed by atoms with E-state index in [4.69, 9.17) is 4.74 Å². The van der Waals surface area contributed by atoms with Crippen molar-refractivity contribution in [3.05, 3.63) is 0 Å². The van der Waals surface area contributed by atoms with Crippen LogP contribution in [-0.4, -0.2) is 35.9 Å². The molecule has 0 heterocycles. The monoisotopic (exact) mass is 217 g/mol. The van der Waals surface area contributed by atoms with E-state index in [9.17, 15) is 9.90 Å². The van der Waals surface area contributed by atoms with Gasteiger partial charge in [-0.25, -0.2) is 0 Å². The van der Waals surface area contributed by atoms with Crippen molar-refractivity contribution in [1.29, 1.82) is 0 Å². The number of hydrogen-bond donors (Lipinski definition) is 2. The molecule has 0 aromatic carbocycles. The van der Waals surface area contributed by atoms with Crippen LogP contribution in [-0.2, 0) is 9.53 Å². The highest BCUT2D eigenvalue weighted by atomic mass is 16.5. The van der Waals surface area contributed by atoms with Crippen LogP contribution in [0.2, 0.25) is 0 Å². The lowest BCUT2D eigenvalue weighted by atomic mass is 10.00. The summed E-state index contributed by atoms with van der Waals surface area (Å²) >= 11 is 0. The Morgan fingerprint density at radius 1 is 1.40 bits per heavy atom. The molecule has 0 aliphatic rings. The molecule has 90 valence electrons. The normalized spacial score (nSPS) is 15.9. The van der Waals surface area contributed by atoms with Crippen molar-refractivity contribution in [1.82, 2.24) is 5.32 Å². The predicted octanol–water partition coefficient (Wildman–Crippen LogP) is 1.08. The van der Waals surface area contributed by atoms with Crippen molar-refractivity contribution < 1.29 is 14.6 Å². The van der Waals surface area contributed by atoms with Crippen LogP contribution >= 0.6 is 0 Å². The van der Waals surface area contributed by atoms with Gasteiger partial charge in [-0.05, 0) is 27.2 Å². The lowest BCUT2D eigenvalue weighted by molar-refractivity contribution is -0.140. The number of amides is 1. The molecule has 1 unspecified atom stereocenters. The molecule has 0 aliphatic heterocycles. The van der Waals surface area contributed by atoms with Crippen molar-refractivity contribution >= 4 is 5.91 Å². The van der Waals surface area contributed by atoms with Gasteiger partial charge in [0.25, 0.3) is 5.91 Å². The fraction of sp³-hybridized carbons (Fsp3) is 0.909. The minimum absolute atomic E-state index is 0.207. The van der Waals surface area contributed by atoms with Gasteiger partial charge in [-0.1, -0.05) is 13.3 Å². The van der Waals surface area contributed by atoms with E-state index in [-0.39, 0.29) is 12.5 Å². The van der Waals surface area contributed by atoms with Gasteiger partial charge >= 0.3 is 0 Å². The zero-order valence-corrected chi connectivity index (χ0v) is 10.4. The van der Waals surface area contributed by atoms with E-state index in [1.165, 1.54) is 7.11 Å². The number of aliphatic hydroxyl groups is 1. The maximum absolute atomic E-state index is 11.6. The van der Waals surface area contributed by atoms with Crippen molar-refractivity contribution in [2.45, 2.75) is 51.7 Å². The number of carbonyl (C=O) groups is 1. The van der Waals surface area contributed by atoms with E-state index in [1.807, 2.05) is 6.92 Å². The summed E-state index contributed by atoms with van der Waals surface area (Å²) < 4.78 is 5.03. The molecule has 0 saturated heterocycles. The van der Waals surface area contributed by atoms with Crippen LogP contribution in [0.25, 0.3) is 0 Å². The van der Waals surface area contributed by atoms with E-state index in [2.05, 4.69) is 5.32 Å². The first kappa shape index (κ1) is 14.4. The first-order chi connectivity index (χ1) is 6.75. The molecule has 15 heavy (non-hydrogen) atoms. The van der Waals surface area contributed by atoms with Crippen molar-refractivity contribution in [2.24, 2.45) is 0 Å². The van der Waals surface area contributed by atoms with Gasteiger partial charge in [0, 0.05) is 13.7 Å². The van der Waals surface area contributed by atoms with Gasteiger partial charge < -0.3 is 15.2 Å². The third kappa shape index (κ3) is 5.14. The van der Waals surface area contributed by atoms with E-state index < -0.39 is 11.2 Å². The fourth-order valence-corrected chi connectivity index (χ4v) is 1.20. The first-order valence-electron chi connectivity index (χ1n) is 5.31. The Balaban J connectivity index is 4.11. The zero-order chi connectivity index (χ0) is 12.1. The third-order valence-electron chi connectivity index (χ3n) is 2.48. The molecule has 0 spiro atoms. The Morgan fingerprint density at radius 2 is 1.93 bits per heavy atom. The van der Waals surface area contributed by atoms with E-state index in [0.29, 0.717) is 6.42 Å². The zero-order valence-electron chi connectivity index (χ0n) is 10.4. The molecule has 0 rings (SSSR count). The minimum Gasteiger partial charge on any atom is -0.388 e. The van der Waals surface area contributed by atoms with Crippen LogP contribution in [0.4, 0.5) is 0 Å². The molecule has 1 atom stereocenters. The maximum atomic E-state index is 11.6. The average molecular weight is 217 g/mol. The van der Waals surface area contributed by atoms with Gasteiger partial charge in [0.2, 0.25) is 0 Å². The Labute approximate surface area is 92.0 Å². The van der Waals surface area contributed by atoms with E-state index in [1.54, 1.807) is 20.8 Å².